The molecule has 5 nitrogen and oxygen atoms in total. The van der Waals surface area contributed by atoms with E-state index >= 15 is 0 Å². The molecule has 21 heavy (non-hydrogen) atoms. The molecule has 0 amide bonds. The van der Waals surface area contributed by atoms with Gasteiger partial charge in [0.05, 0.1) is 11.5 Å². The van der Waals surface area contributed by atoms with Crippen LogP contribution < -0.4 is 5.32 Å². The maximum absolute atomic E-state index is 10.9. The Morgan fingerprint density at radius 2 is 1.86 bits per heavy atom. The largest absolute Gasteiger partial charge is 0.481 e. The van der Waals surface area contributed by atoms with E-state index in [1.54, 1.807) is 0 Å². The average Bonchev–Trinajstić information content (AvgIpc) is 2.48. The van der Waals surface area contributed by atoms with Crippen molar-refractivity contribution in [3.63, 3.8) is 0 Å². The molecule has 0 unspecified atom stereocenters. The van der Waals surface area contributed by atoms with Gasteiger partial charge in [-0.3, -0.25) is 4.79 Å². The van der Waals surface area contributed by atoms with E-state index in [1.807, 2.05) is 0 Å². The second-order valence-electron chi connectivity index (χ2n) is 6.85. The van der Waals surface area contributed by atoms with Gasteiger partial charge in [-0.25, -0.2) is 0 Å². The number of carboxylic acid groups (broad SMARTS) is 1. The standard InChI is InChI=1S/C16H30N2O3/c1-2-18-9-5-13(6-10-18)11-17-12-16(21)7-3-14(4-8-16)15(19)20/h13-14,17,21H,2-12H2,1H3,(H,19,20). The Hall–Kier alpha value is -0.650. The molecule has 2 fully saturated rings. The molecule has 0 aromatic rings. The smallest absolute Gasteiger partial charge is 0.306 e. The van der Waals surface area contributed by atoms with Crippen LogP contribution in [0.25, 0.3) is 0 Å². The first kappa shape index (κ1) is 16.7. The minimum absolute atomic E-state index is 0.261. The van der Waals surface area contributed by atoms with Gasteiger partial charge in [0.15, 0.2) is 0 Å². The Morgan fingerprint density at radius 1 is 1.24 bits per heavy atom. The zero-order valence-corrected chi connectivity index (χ0v) is 13.2. The van der Waals surface area contributed by atoms with Gasteiger partial charge in [0.1, 0.15) is 0 Å². The molecule has 2 rings (SSSR count). The van der Waals surface area contributed by atoms with Crippen LogP contribution in [0.4, 0.5) is 0 Å². The van der Waals surface area contributed by atoms with Crippen molar-refractivity contribution in [2.45, 2.75) is 51.0 Å². The summed E-state index contributed by atoms with van der Waals surface area (Å²) in [5, 5.41) is 22.9. The molecule has 5 heteroatoms. The van der Waals surface area contributed by atoms with Gasteiger partial charge in [0, 0.05) is 6.54 Å². The fourth-order valence-electron chi connectivity index (χ4n) is 3.59. The molecule has 0 bridgehead atoms. The Kier molecular flexibility index (Phi) is 6.02. The predicted octanol–water partition coefficient (Wildman–Crippen LogP) is 1.31. The second kappa shape index (κ2) is 7.56. The van der Waals surface area contributed by atoms with Crippen molar-refractivity contribution in [3.05, 3.63) is 0 Å². The van der Waals surface area contributed by atoms with Crippen LogP contribution in [0.3, 0.4) is 0 Å². The summed E-state index contributed by atoms with van der Waals surface area (Å²) in [6.45, 7) is 7.31. The number of carbonyl (C=O) groups is 1. The van der Waals surface area contributed by atoms with Crippen molar-refractivity contribution in [2.75, 3.05) is 32.7 Å². The van der Waals surface area contributed by atoms with Gasteiger partial charge < -0.3 is 20.4 Å². The lowest BCUT2D eigenvalue weighted by Gasteiger charge is -2.36. The van der Waals surface area contributed by atoms with Gasteiger partial charge in [0.25, 0.3) is 0 Å². The van der Waals surface area contributed by atoms with Crippen LogP contribution >= 0.6 is 0 Å². The number of hydrogen-bond donors (Lipinski definition) is 3. The summed E-state index contributed by atoms with van der Waals surface area (Å²) in [4.78, 5) is 13.4. The molecule has 0 aromatic heterocycles. The molecule has 1 heterocycles. The monoisotopic (exact) mass is 298 g/mol. The Morgan fingerprint density at radius 3 is 2.38 bits per heavy atom. The number of likely N-dealkylation sites (tertiary alicyclic amines) is 1. The number of rotatable bonds is 6. The van der Waals surface area contributed by atoms with Gasteiger partial charge in [0.2, 0.25) is 0 Å². The Balaban J connectivity index is 1.63. The highest BCUT2D eigenvalue weighted by atomic mass is 16.4. The minimum Gasteiger partial charge on any atom is -0.481 e. The van der Waals surface area contributed by atoms with Crippen molar-refractivity contribution < 1.29 is 15.0 Å². The van der Waals surface area contributed by atoms with Crippen molar-refractivity contribution in [1.82, 2.24) is 10.2 Å². The Bertz CT molecular complexity index is 332. The van der Waals surface area contributed by atoms with Gasteiger partial charge in [-0.2, -0.15) is 0 Å². The van der Waals surface area contributed by atoms with E-state index in [0.29, 0.717) is 38.1 Å². The van der Waals surface area contributed by atoms with Crippen LogP contribution in [-0.4, -0.2) is 59.4 Å². The lowest BCUT2D eigenvalue weighted by molar-refractivity contribution is -0.144. The number of nitrogens with zero attached hydrogens (tertiary/aromatic N) is 1. The molecule has 0 spiro atoms. The number of aliphatic carboxylic acids is 1. The SMILES string of the molecule is CCN1CCC(CNCC2(O)CCC(C(=O)O)CC2)CC1. The third-order valence-corrected chi connectivity index (χ3v) is 5.31. The van der Waals surface area contributed by atoms with E-state index in [9.17, 15) is 9.90 Å². The first-order valence-electron chi connectivity index (χ1n) is 8.40. The van der Waals surface area contributed by atoms with E-state index in [1.165, 1.54) is 25.9 Å². The molecule has 1 saturated heterocycles. The highest BCUT2D eigenvalue weighted by Crippen LogP contribution is 2.31. The lowest BCUT2D eigenvalue weighted by atomic mass is 9.78. The normalized spacial score (nSPS) is 32.2. The Labute approximate surface area is 127 Å². The fraction of sp³-hybridized carbons (Fsp3) is 0.938. The third kappa shape index (κ3) is 4.94. The van der Waals surface area contributed by atoms with Gasteiger partial charge in [-0.1, -0.05) is 6.92 Å². The molecule has 1 aliphatic heterocycles. The quantitative estimate of drug-likeness (QED) is 0.689. The molecule has 0 radical (unpaired) electrons. The van der Waals surface area contributed by atoms with Crippen LogP contribution in [0.15, 0.2) is 0 Å². The summed E-state index contributed by atoms with van der Waals surface area (Å²) in [5.74, 6) is -0.261. The summed E-state index contributed by atoms with van der Waals surface area (Å²) in [6.07, 6.45) is 4.88. The zero-order valence-electron chi connectivity index (χ0n) is 13.2. The van der Waals surface area contributed by atoms with Gasteiger partial charge in [-0.05, 0) is 70.6 Å². The van der Waals surface area contributed by atoms with Crippen molar-refractivity contribution in [3.8, 4) is 0 Å². The number of nitrogens with one attached hydrogen (secondary N) is 1. The van der Waals surface area contributed by atoms with Crippen molar-refractivity contribution in [1.29, 1.82) is 0 Å². The van der Waals surface area contributed by atoms with Gasteiger partial charge >= 0.3 is 5.97 Å². The molecular formula is C16H30N2O3. The summed E-state index contributed by atoms with van der Waals surface area (Å²) in [6, 6.07) is 0. The maximum atomic E-state index is 10.9. The number of aliphatic hydroxyl groups is 1. The zero-order chi connectivity index (χ0) is 15.3. The molecule has 122 valence electrons. The first-order valence-corrected chi connectivity index (χ1v) is 8.40. The maximum Gasteiger partial charge on any atom is 0.306 e. The van der Waals surface area contributed by atoms with Crippen LogP contribution in [0.1, 0.15) is 45.4 Å². The topological polar surface area (TPSA) is 72.8 Å². The highest BCUT2D eigenvalue weighted by molar-refractivity contribution is 5.70. The number of piperidine rings is 1. The van der Waals surface area contributed by atoms with Crippen LogP contribution in [0.2, 0.25) is 0 Å². The fourth-order valence-corrected chi connectivity index (χ4v) is 3.59. The van der Waals surface area contributed by atoms with E-state index in [-0.39, 0.29) is 5.92 Å². The van der Waals surface area contributed by atoms with Crippen LogP contribution in [0, 0.1) is 11.8 Å². The molecular weight excluding hydrogens is 268 g/mol. The second-order valence-corrected chi connectivity index (χ2v) is 6.85. The summed E-state index contributed by atoms with van der Waals surface area (Å²) >= 11 is 0. The van der Waals surface area contributed by atoms with Crippen molar-refractivity contribution in [2.24, 2.45) is 11.8 Å². The van der Waals surface area contributed by atoms with E-state index in [2.05, 4.69) is 17.1 Å². The molecule has 1 aliphatic carbocycles. The third-order valence-electron chi connectivity index (χ3n) is 5.31. The molecule has 0 aromatic carbocycles. The summed E-state index contributed by atoms with van der Waals surface area (Å²) in [5.41, 5.74) is -0.698. The number of carboxylic acids is 1. The highest BCUT2D eigenvalue weighted by Gasteiger charge is 2.35. The van der Waals surface area contributed by atoms with Crippen molar-refractivity contribution >= 4 is 5.97 Å². The average molecular weight is 298 g/mol. The van der Waals surface area contributed by atoms with E-state index < -0.39 is 11.6 Å². The van der Waals surface area contributed by atoms with Crippen LogP contribution in [0.5, 0.6) is 0 Å². The number of hydrogen-bond acceptors (Lipinski definition) is 4. The molecule has 0 atom stereocenters. The molecule has 2 aliphatic rings. The van der Waals surface area contributed by atoms with E-state index in [0.717, 1.165) is 13.1 Å². The summed E-state index contributed by atoms with van der Waals surface area (Å²) in [7, 11) is 0. The summed E-state index contributed by atoms with van der Waals surface area (Å²) < 4.78 is 0. The van der Waals surface area contributed by atoms with E-state index in [4.69, 9.17) is 5.11 Å². The molecule has 1 saturated carbocycles. The lowest BCUT2D eigenvalue weighted by Crippen LogP contribution is -2.46. The van der Waals surface area contributed by atoms with Gasteiger partial charge in [-0.15, -0.1) is 0 Å². The molecule has 3 N–H and O–H groups in total. The predicted molar refractivity (Wildman–Crippen MR) is 82.3 cm³/mol. The minimum atomic E-state index is -0.715. The first-order chi connectivity index (χ1) is 10.0. The van der Waals surface area contributed by atoms with Crippen LogP contribution in [-0.2, 0) is 4.79 Å².